The Labute approximate surface area is 153 Å². The number of hydrogen-bond donors (Lipinski definition) is 0. The van der Waals surface area contributed by atoms with Crippen molar-refractivity contribution < 1.29 is 9.53 Å². The summed E-state index contributed by atoms with van der Waals surface area (Å²) in [5.41, 5.74) is 1.45. The Bertz CT molecular complexity index is 587. The van der Waals surface area contributed by atoms with Crippen molar-refractivity contribution in [2.24, 2.45) is 51.8 Å². The Morgan fingerprint density at radius 3 is 2.56 bits per heavy atom. The summed E-state index contributed by atoms with van der Waals surface area (Å²) in [6, 6.07) is 0. The van der Waals surface area contributed by atoms with Crippen LogP contribution in [-0.4, -0.2) is 19.5 Å². The number of aldehydes is 1. The molecular weight excluding hydrogens is 308 g/mol. The van der Waals surface area contributed by atoms with E-state index < -0.39 is 0 Å². The Balaban J connectivity index is 1.50. The number of fused-ring (bicyclic) bond motifs is 4. The standard InChI is InChI=1S/C23H36O2/c1-14(13-24)17-5-6-18-16-11-20(25-4)23-12-15(23)7-10-22(23,3)19(16)8-9-21(17,18)2/h13-20H,5-12H2,1-4H3/t14-,15?,16?,17-,18?,19?,20-,21-,22-,23+/m1/s1. The van der Waals surface area contributed by atoms with Gasteiger partial charge in [0.15, 0.2) is 0 Å². The number of carbonyl (C=O) groups is 1. The molecule has 1 spiro atoms. The van der Waals surface area contributed by atoms with E-state index >= 15 is 0 Å². The minimum atomic E-state index is 0.231. The van der Waals surface area contributed by atoms with Crippen LogP contribution in [0, 0.1) is 51.8 Å². The molecule has 0 heterocycles. The summed E-state index contributed by atoms with van der Waals surface area (Å²) in [6.07, 6.45) is 12.7. The molecule has 0 aromatic rings. The van der Waals surface area contributed by atoms with E-state index in [1.807, 2.05) is 7.11 Å². The van der Waals surface area contributed by atoms with E-state index in [1.54, 1.807) is 0 Å². The molecule has 0 bridgehead atoms. The molecule has 10 atom stereocenters. The van der Waals surface area contributed by atoms with Crippen molar-refractivity contribution in [3.63, 3.8) is 0 Å². The van der Waals surface area contributed by atoms with Crippen LogP contribution in [0.3, 0.4) is 0 Å². The molecule has 5 aliphatic rings. The summed E-state index contributed by atoms with van der Waals surface area (Å²) in [4.78, 5) is 11.5. The zero-order chi connectivity index (χ0) is 17.6. The van der Waals surface area contributed by atoms with E-state index in [-0.39, 0.29) is 5.92 Å². The minimum absolute atomic E-state index is 0.231. The number of carbonyl (C=O) groups excluding carboxylic acids is 1. The van der Waals surface area contributed by atoms with E-state index in [0.717, 1.165) is 23.7 Å². The van der Waals surface area contributed by atoms with Crippen LogP contribution in [-0.2, 0) is 9.53 Å². The van der Waals surface area contributed by atoms with Crippen LogP contribution < -0.4 is 0 Å². The molecule has 25 heavy (non-hydrogen) atoms. The second kappa shape index (κ2) is 5.12. The molecule has 2 heteroatoms. The lowest BCUT2D eigenvalue weighted by molar-refractivity contribution is -0.161. The first-order valence-electron chi connectivity index (χ1n) is 10.9. The lowest BCUT2D eigenvalue weighted by Crippen LogP contribution is -2.57. The molecule has 5 saturated carbocycles. The third-order valence-electron chi connectivity index (χ3n) is 10.8. The van der Waals surface area contributed by atoms with Gasteiger partial charge in [-0.05, 0) is 91.8 Å². The molecular formula is C23H36O2. The van der Waals surface area contributed by atoms with Gasteiger partial charge in [0.1, 0.15) is 6.29 Å². The Hall–Kier alpha value is -0.370. The Morgan fingerprint density at radius 1 is 1.08 bits per heavy atom. The van der Waals surface area contributed by atoms with Crippen molar-refractivity contribution in [2.45, 2.75) is 78.2 Å². The fraction of sp³-hybridized carbons (Fsp3) is 0.957. The van der Waals surface area contributed by atoms with Crippen LogP contribution in [0.4, 0.5) is 0 Å². The van der Waals surface area contributed by atoms with Gasteiger partial charge < -0.3 is 9.53 Å². The highest BCUT2D eigenvalue weighted by atomic mass is 16.5. The maximum Gasteiger partial charge on any atom is 0.123 e. The van der Waals surface area contributed by atoms with Crippen LogP contribution >= 0.6 is 0 Å². The first kappa shape index (κ1) is 16.8. The summed E-state index contributed by atoms with van der Waals surface area (Å²) in [5, 5.41) is 0. The monoisotopic (exact) mass is 344 g/mol. The summed E-state index contributed by atoms with van der Waals surface area (Å²) in [7, 11) is 1.97. The molecule has 0 radical (unpaired) electrons. The molecule has 0 amide bonds. The van der Waals surface area contributed by atoms with Gasteiger partial charge in [0, 0.05) is 18.4 Å². The maximum absolute atomic E-state index is 11.5. The summed E-state index contributed by atoms with van der Waals surface area (Å²) >= 11 is 0. The van der Waals surface area contributed by atoms with Gasteiger partial charge >= 0.3 is 0 Å². The van der Waals surface area contributed by atoms with Gasteiger partial charge in [0.05, 0.1) is 6.10 Å². The van der Waals surface area contributed by atoms with Crippen molar-refractivity contribution in [3.8, 4) is 0 Å². The van der Waals surface area contributed by atoms with Crippen molar-refractivity contribution in [1.29, 1.82) is 0 Å². The average molecular weight is 345 g/mol. The smallest absolute Gasteiger partial charge is 0.123 e. The fourth-order valence-corrected chi connectivity index (χ4v) is 9.58. The lowest BCUT2D eigenvalue weighted by atomic mass is 9.45. The summed E-state index contributed by atoms with van der Waals surface area (Å²) < 4.78 is 6.18. The SMILES string of the molecule is CO[C@@H]1CC2C3CC[C@H]([C@H](C)C=O)[C@@]3(C)CCC2[C@@]2(C)CCC3C[C@]312. The highest BCUT2D eigenvalue weighted by molar-refractivity contribution is 5.53. The normalized spacial score (nSPS) is 60.2. The van der Waals surface area contributed by atoms with Crippen LogP contribution in [0.1, 0.15) is 72.1 Å². The summed E-state index contributed by atoms with van der Waals surface area (Å²) in [5.74, 6) is 4.37. The highest BCUT2D eigenvalue weighted by Crippen LogP contribution is 2.82. The summed E-state index contributed by atoms with van der Waals surface area (Å²) in [6.45, 7) is 7.35. The second-order valence-electron chi connectivity index (χ2n) is 11.0. The third kappa shape index (κ3) is 1.79. The van der Waals surface area contributed by atoms with Crippen LogP contribution in [0.5, 0.6) is 0 Å². The third-order valence-corrected chi connectivity index (χ3v) is 10.8. The van der Waals surface area contributed by atoms with Gasteiger partial charge in [-0.2, -0.15) is 0 Å². The van der Waals surface area contributed by atoms with Crippen LogP contribution in [0.15, 0.2) is 0 Å². The molecule has 0 aromatic heterocycles. The predicted octanol–water partition coefficient (Wildman–Crippen LogP) is 5.11. The topological polar surface area (TPSA) is 26.3 Å². The van der Waals surface area contributed by atoms with E-state index in [2.05, 4.69) is 20.8 Å². The molecule has 0 N–H and O–H groups in total. The number of rotatable bonds is 3. The zero-order valence-electron chi connectivity index (χ0n) is 16.6. The van der Waals surface area contributed by atoms with Crippen molar-refractivity contribution in [1.82, 2.24) is 0 Å². The molecule has 4 unspecified atom stereocenters. The fourth-order valence-electron chi connectivity index (χ4n) is 9.58. The van der Waals surface area contributed by atoms with Gasteiger partial charge in [-0.1, -0.05) is 20.8 Å². The number of hydrogen-bond acceptors (Lipinski definition) is 2. The van der Waals surface area contributed by atoms with Gasteiger partial charge in [0.25, 0.3) is 0 Å². The second-order valence-corrected chi connectivity index (χ2v) is 11.0. The molecule has 0 aliphatic heterocycles. The quantitative estimate of drug-likeness (QED) is 0.665. The van der Waals surface area contributed by atoms with E-state index in [0.29, 0.717) is 28.3 Å². The maximum atomic E-state index is 11.5. The van der Waals surface area contributed by atoms with Gasteiger partial charge in [0.2, 0.25) is 0 Å². The van der Waals surface area contributed by atoms with Crippen LogP contribution in [0.2, 0.25) is 0 Å². The molecule has 5 aliphatic carbocycles. The molecule has 140 valence electrons. The van der Waals surface area contributed by atoms with Gasteiger partial charge in [-0.15, -0.1) is 0 Å². The lowest BCUT2D eigenvalue weighted by Gasteiger charge is -2.61. The van der Waals surface area contributed by atoms with Crippen molar-refractivity contribution in [3.05, 3.63) is 0 Å². The molecule has 0 saturated heterocycles. The van der Waals surface area contributed by atoms with Gasteiger partial charge in [-0.3, -0.25) is 0 Å². The Kier molecular flexibility index (Phi) is 3.43. The van der Waals surface area contributed by atoms with Crippen LogP contribution in [0.25, 0.3) is 0 Å². The van der Waals surface area contributed by atoms with E-state index in [4.69, 9.17) is 4.74 Å². The van der Waals surface area contributed by atoms with Crippen molar-refractivity contribution >= 4 is 6.29 Å². The largest absolute Gasteiger partial charge is 0.381 e. The molecule has 5 rings (SSSR count). The first-order valence-corrected chi connectivity index (χ1v) is 10.9. The Morgan fingerprint density at radius 2 is 1.88 bits per heavy atom. The molecule has 5 fully saturated rings. The van der Waals surface area contributed by atoms with E-state index in [9.17, 15) is 4.79 Å². The van der Waals surface area contributed by atoms with Crippen molar-refractivity contribution in [2.75, 3.05) is 7.11 Å². The molecule has 2 nitrogen and oxygen atoms in total. The minimum Gasteiger partial charge on any atom is -0.381 e. The van der Waals surface area contributed by atoms with E-state index in [1.165, 1.54) is 57.7 Å². The average Bonchev–Trinajstić information content (AvgIpc) is 3.12. The molecule has 0 aromatic carbocycles. The number of methoxy groups -OCH3 is 1. The highest BCUT2D eigenvalue weighted by Gasteiger charge is 2.77. The predicted molar refractivity (Wildman–Crippen MR) is 99.1 cm³/mol. The number of ether oxygens (including phenoxy) is 1. The first-order chi connectivity index (χ1) is 11.9. The zero-order valence-corrected chi connectivity index (χ0v) is 16.6. The van der Waals surface area contributed by atoms with Gasteiger partial charge in [-0.25, -0.2) is 0 Å².